The second kappa shape index (κ2) is 18.7. The molecule has 1 saturated carbocycles. The lowest BCUT2D eigenvalue weighted by Gasteiger charge is -2.50. The van der Waals surface area contributed by atoms with E-state index < -0.39 is 153 Å². The number of carboxylic acids is 4. The number of rotatable bonds is 12. The topological polar surface area (TPSA) is 396 Å². The molecular formula is C29H44O24-4. The first kappa shape index (κ1) is 46.4. The van der Waals surface area contributed by atoms with Gasteiger partial charge in [-0.25, -0.2) is 0 Å². The minimum absolute atomic E-state index is 0. The summed E-state index contributed by atoms with van der Waals surface area (Å²) < 4.78 is 40.7. The van der Waals surface area contributed by atoms with Crippen LogP contribution in [0.5, 0.6) is 0 Å². The van der Waals surface area contributed by atoms with Gasteiger partial charge in [-0.05, 0) is 6.42 Å². The Labute approximate surface area is 300 Å². The fourth-order valence-electron chi connectivity index (χ4n) is 6.30. The molecule has 0 aromatic rings. The number of hydrogen-bond acceptors (Lipinski definition) is 24. The van der Waals surface area contributed by atoms with Gasteiger partial charge in [0.05, 0.1) is 30.1 Å². The number of carbonyl (C=O) groups excluding carboxylic acids is 4. The van der Waals surface area contributed by atoms with E-state index in [1.807, 2.05) is 0 Å². The fraction of sp³-hybridized carbons (Fsp3) is 0.862. The highest BCUT2D eigenvalue weighted by Crippen LogP contribution is 2.36. The molecule has 20 atom stereocenters. The third-order valence-electron chi connectivity index (χ3n) is 9.00. The first-order chi connectivity index (χ1) is 23.9. The number of aliphatic carboxylic acids is 4. The second-order valence-corrected chi connectivity index (χ2v) is 12.1. The van der Waals surface area contributed by atoms with E-state index in [1.165, 1.54) is 0 Å². The summed E-state index contributed by atoms with van der Waals surface area (Å²) in [7, 11) is 1.98. The van der Waals surface area contributed by atoms with Crippen molar-refractivity contribution in [3.05, 3.63) is 0 Å². The zero-order valence-electron chi connectivity index (χ0n) is 26.4. The van der Waals surface area contributed by atoms with Crippen molar-refractivity contribution in [2.45, 2.75) is 138 Å². The van der Waals surface area contributed by atoms with Gasteiger partial charge in [-0.15, -0.1) is 0 Å². The number of methoxy groups -OCH3 is 2. The number of ether oxygens (including phenoxy) is 8. The summed E-state index contributed by atoms with van der Waals surface area (Å²) in [6, 6.07) is 0. The Balaban J connectivity index is 0.00000486. The first-order valence-electron chi connectivity index (χ1n) is 15.1. The van der Waals surface area contributed by atoms with Crippen molar-refractivity contribution in [1.29, 1.82) is 0 Å². The third kappa shape index (κ3) is 9.21. The molecule has 3 aliphatic heterocycles. The van der Waals surface area contributed by atoms with Crippen LogP contribution in [-0.4, -0.2) is 195 Å². The molecule has 0 radical (unpaired) electrons. The van der Waals surface area contributed by atoms with Crippen molar-refractivity contribution in [3.8, 4) is 0 Å². The maximum atomic E-state index is 12.2. The van der Waals surface area contributed by atoms with E-state index >= 15 is 0 Å². The highest BCUT2D eigenvalue weighted by Gasteiger charge is 2.55. The van der Waals surface area contributed by atoms with Gasteiger partial charge in [0.2, 0.25) is 0 Å². The number of carboxylic acid groups (broad SMARTS) is 4. The molecule has 9 unspecified atom stereocenters. The van der Waals surface area contributed by atoms with E-state index in [2.05, 4.69) is 0 Å². The minimum atomic E-state index is -2.48. The van der Waals surface area contributed by atoms with E-state index in [-0.39, 0.29) is 14.9 Å². The van der Waals surface area contributed by atoms with Crippen molar-refractivity contribution in [2.75, 3.05) is 14.2 Å². The minimum Gasteiger partial charge on any atom is -0.550 e. The van der Waals surface area contributed by atoms with Crippen molar-refractivity contribution >= 4 is 23.9 Å². The molecular weight excluding hydrogens is 732 g/mol. The van der Waals surface area contributed by atoms with Crippen LogP contribution in [0.25, 0.3) is 0 Å². The van der Waals surface area contributed by atoms with Crippen LogP contribution in [0.15, 0.2) is 0 Å². The molecule has 0 aromatic heterocycles. The summed E-state index contributed by atoms with van der Waals surface area (Å²) in [5, 5.41) is 132. The molecule has 8 N–H and O–H groups in total. The molecule has 308 valence electrons. The van der Waals surface area contributed by atoms with Crippen LogP contribution in [0.3, 0.4) is 0 Å². The molecule has 3 heterocycles. The third-order valence-corrected chi connectivity index (χ3v) is 9.00. The lowest BCUT2D eigenvalue weighted by molar-refractivity contribution is -0.389. The van der Waals surface area contributed by atoms with E-state index in [1.54, 1.807) is 0 Å². The molecule has 3 saturated heterocycles. The van der Waals surface area contributed by atoms with Gasteiger partial charge in [0, 0.05) is 26.1 Å². The molecule has 0 bridgehead atoms. The lowest BCUT2D eigenvalue weighted by atomic mass is 9.80. The summed E-state index contributed by atoms with van der Waals surface area (Å²) in [5.74, 6) is -10.1. The molecule has 0 aromatic carbocycles. The van der Waals surface area contributed by atoms with Crippen LogP contribution in [0.4, 0.5) is 0 Å². The van der Waals surface area contributed by atoms with Gasteiger partial charge in [-0.2, -0.15) is 0 Å². The second-order valence-electron chi connectivity index (χ2n) is 12.1. The molecule has 4 fully saturated rings. The van der Waals surface area contributed by atoms with Crippen LogP contribution in [0.2, 0.25) is 0 Å². The molecule has 24 nitrogen and oxygen atoms in total. The molecule has 4 rings (SSSR count). The molecule has 53 heavy (non-hydrogen) atoms. The maximum absolute atomic E-state index is 12.2. The predicted molar refractivity (Wildman–Crippen MR) is 152 cm³/mol. The molecule has 0 spiro atoms. The SMILES string of the molecule is C.C.CO[C@@H]1OC(C(=O)[O-])[C@@H](O[C@@H]2CC(C(=O)[O-])[C@@H](O[C@@H]3O[C@@H](C(=O)[O-])[C@@H](O[C@@H]4OC(C(=O)[O-])[C@@H](OC)C(O)[C@@H]4O)C(O)C3O)[C@H](O)C2O)C(O)C1O. The fourth-order valence-corrected chi connectivity index (χ4v) is 6.30. The van der Waals surface area contributed by atoms with Crippen molar-refractivity contribution in [3.63, 3.8) is 0 Å². The quantitative estimate of drug-likeness (QED) is 0.0912. The Hall–Kier alpha value is -2.76. The van der Waals surface area contributed by atoms with Crippen LogP contribution in [0.1, 0.15) is 21.3 Å². The Morgan fingerprint density at radius 2 is 0.830 bits per heavy atom. The Morgan fingerprint density at radius 3 is 1.25 bits per heavy atom. The van der Waals surface area contributed by atoms with Gasteiger partial charge >= 0.3 is 0 Å². The number of carbonyl (C=O) groups is 4. The zero-order chi connectivity index (χ0) is 38.2. The average molecular weight is 777 g/mol. The normalized spacial score (nSPS) is 45.9. The van der Waals surface area contributed by atoms with Gasteiger partial charge < -0.3 is 118 Å². The largest absolute Gasteiger partial charge is 0.550 e. The van der Waals surface area contributed by atoms with Crippen LogP contribution < -0.4 is 20.4 Å². The average Bonchev–Trinajstić information content (AvgIpc) is 3.07. The van der Waals surface area contributed by atoms with Gasteiger partial charge in [0.15, 0.2) is 18.9 Å². The van der Waals surface area contributed by atoms with Gasteiger partial charge in [0.25, 0.3) is 0 Å². The van der Waals surface area contributed by atoms with Crippen molar-refractivity contribution in [2.24, 2.45) is 5.92 Å². The molecule has 4 aliphatic rings. The molecule has 24 heteroatoms. The van der Waals surface area contributed by atoms with E-state index in [0.717, 1.165) is 14.2 Å². The number of hydrogen-bond donors (Lipinski definition) is 8. The Bertz CT molecular complexity index is 1250. The van der Waals surface area contributed by atoms with Crippen LogP contribution in [0, 0.1) is 5.92 Å². The van der Waals surface area contributed by atoms with Gasteiger partial charge in [-0.1, -0.05) is 14.9 Å². The van der Waals surface area contributed by atoms with Crippen LogP contribution in [-0.2, 0) is 57.1 Å². The maximum Gasteiger partial charge on any atom is 0.187 e. The molecule has 0 amide bonds. The van der Waals surface area contributed by atoms with Crippen molar-refractivity contribution in [1.82, 2.24) is 0 Å². The highest BCUT2D eigenvalue weighted by molar-refractivity contribution is 5.72. The molecule has 1 aliphatic carbocycles. The number of aliphatic hydroxyl groups is 8. The van der Waals surface area contributed by atoms with Gasteiger partial charge in [-0.3, -0.25) is 0 Å². The summed E-state index contributed by atoms with van der Waals surface area (Å²) in [6.45, 7) is 0. The Morgan fingerprint density at radius 1 is 0.472 bits per heavy atom. The van der Waals surface area contributed by atoms with Crippen LogP contribution >= 0.6 is 0 Å². The first-order valence-corrected chi connectivity index (χ1v) is 15.1. The summed E-state index contributed by atoms with van der Waals surface area (Å²) in [4.78, 5) is 47.4. The predicted octanol–water partition coefficient (Wildman–Crippen LogP) is -11.5. The van der Waals surface area contributed by atoms with E-state index in [4.69, 9.17) is 37.9 Å². The van der Waals surface area contributed by atoms with Crippen molar-refractivity contribution < 1.29 is 118 Å². The van der Waals surface area contributed by atoms with E-state index in [9.17, 15) is 80.5 Å². The number of aliphatic hydroxyl groups excluding tert-OH is 8. The lowest BCUT2D eigenvalue weighted by Crippen LogP contribution is -2.69. The standard InChI is InChI=1S/C27H40O24.2CH4/c1-44-15-8(30)12(34)27(50-18(15)22(38)39)48-17-10(32)13(35)26(51-20(17)24(42)43)47-14-4(21(36)37)3-5(6(28)7(14)29)46-16-9(31)11(33)25(45-2)49-19(16)23(40)41;;/h4-20,25-35H,3H2,1-2H3,(H,36,37)(H,38,39)(H,40,41)(H,42,43);2*1H4/p-4/t4?,5-,6?,7-,8?,9?,10?,11?,12+,13?,14-,15+,16+,17+,18?,19?,20-,25-,26-,27-;;/m1../s1. The highest BCUT2D eigenvalue weighted by atomic mass is 16.8. The Kier molecular flexibility index (Phi) is 16.4. The monoisotopic (exact) mass is 776 g/mol. The summed E-state index contributed by atoms with van der Waals surface area (Å²) in [6.07, 6.45) is -41.4. The van der Waals surface area contributed by atoms with Gasteiger partial charge in [0.1, 0.15) is 85.5 Å². The smallest absolute Gasteiger partial charge is 0.187 e. The zero-order valence-corrected chi connectivity index (χ0v) is 26.4. The summed E-state index contributed by atoms with van der Waals surface area (Å²) in [5.41, 5.74) is 0. The summed E-state index contributed by atoms with van der Waals surface area (Å²) >= 11 is 0. The van der Waals surface area contributed by atoms with E-state index in [0.29, 0.717) is 0 Å².